The van der Waals surface area contributed by atoms with Gasteiger partial charge in [0.25, 0.3) is 0 Å². The highest BCUT2D eigenvalue weighted by Crippen LogP contribution is 2.28. The highest BCUT2D eigenvalue weighted by molar-refractivity contribution is 9.10. The van der Waals surface area contributed by atoms with Crippen LogP contribution in [0.3, 0.4) is 0 Å². The van der Waals surface area contributed by atoms with Gasteiger partial charge in [-0.2, -0.15) is 0 Å². The number of aromatic nitrogens is 2. The van der Waals surface area contributed by atoms with E-state index >= 15 is 0 Å². The molecule has 1 heterocycles. The molecule has 0 aliphatic carbocycles. The monoisotopic (exact) mass is 324 g/mol. The van der Waals surface area contributed by atoms with Crippen molar-refractivity contribution in [1.29, 1.82) is 0 Å². The lowest BCUT2D eigenvalue weighted by molar-refractivity contribution is 0.387. The fourth-order valence-electron chi connectivity index (χ4n) is 1.80. The molecule has 2 rings (SSSR count). The average molecular weight is 325 g/mol. The maximum Gasteiger partial charge on any atom is 0.174 e. The summed E-state index contributed by atoms with van der Waals surface area (Å²) in [5, 5.41) is 0. The van der Waals surface area contributed by atoms with Crippen molar-refractivity contribution in [2.24, 2.45) is 0 Å². The first-order chi connectivity index (χ1) is 9.15. The van der Waals surface area contributed by atoms with Crippen LogP contribution in [-0.2, 0) is 6.42 Å². The van der Waals surface area contributed by atoms with Gasteiger partial charge in [0.2, 0.25) is 0 Å². The molecule has 100 valence electrons. The average Bonchev–Trinajstić information content (AvgIpc) is 2.38. The lowest BCUT2D eigenvalue weighted by Crippen LogP contribution is -1.99. The van der Waals surface area contributed by atoms with Gasteiger partial charge in [0, 0.05) is 12.0 Å². The summed E-state index contributed by atoms with van der Waals surface area (Å²) in [4.78, 5) is 8.67. The Bertz CT molecular complexity index is 590. The van der Waals surface area contributed by atoms with Crippen molar-refractivity contribution < 1.29 is 9.13 Å². The molecule has 0 atom stereocenters. The van der Waals surface area contributed by atoms with Gasteiger partial charge in [-0.25, -0.2) is 14.4 Å². The first-order valence-electron chi connectivity index (χ1n) is 6.02. The summed E-state index contributed by atoms with van der Waals surface area (Å²) in [6.45, 7) is 2.05. The molecule has 0 aliphatic heterocycles. The van der Waals surface area contributed by atoms with Crippen LogP contribution in [0.25, 0.3) is 11.3 Å². The quantitative estimate of drug-likeness (QED) is 0.797. The summed E-state index contributed by atoms with van der Waals surface area (Å²) < 4.78 is 19.8. The molecular formula is C14H14BrFN2O. The van der Waals surface area contributed by atoms with E-state index in [1.54, 1.807) is 24.3 Å². The Labute approximate surface area is 120 Å². The predicted octanol–water partition coefficient (Wildman–Crippen LogP) is 4.01. The zero-order valence-corrected chi connectivity index (χ0v) is 12.4. The second kappa shape index (κ2) is 6.10. The Balaban J connectivity index is 2.52. The molecule has 0 saturated carbocycles. The molecular weight excluding hydrogens is 311 g/mol. The van der Waals surface area contributed by atoms with Gasteiger partial charge in [0.1, 0.15) is 10.4 Å². The molecule has 0 bridgehead atoms. The summed E-state index contributed by atoms with van der Waals surface area (Å²) >= 11 is 3.34. The second-order valence-corrected chi connectivity index (χ2v) is 4.88. The Hall–Kier alpha value is -1.49. The number of methoxy groups -OCH3 is 1. The van der Waals surface area contributed by atoms with E-state index in [9.17, 15) is 4.39 Å². The van der Waals surface area contributed by atoms with Crippen molar-refractivity contribution >= 4 is 15.9 Å². The maximum atomic E-state index is 14.2. The van der Waals surface area contributed by atoms with E-state index in [0.717, 1.165) is 12.8 Å². The second-order valence-electron chi connectivity index (χ2n) is 4.06. The number of nitrogens with zero attached hydrogens (tertiary/aromatic N) is 2. The van der Waals surface area contributed by atoms with Gasteiger partial charge in [-0.05, 0) is 40.5 Å². The zero-order valence-electron chi connectivity index (χ0n) is 10.8. The molecule has 5 heteroatoms. The van der Waals surface area contributed by atoms with Crippen molar-refractivity contribution in [3.63, 3.8) is 0 Å². The van der Waals surface area contributed by atoms with Crippen molar-refractivity contribution in [3.8, 4) is 17.0 Å². The van der Waals surface area contributed by atoms with Gasteiger partial charge in [-0.1, -0.05) is 13.0 Å². The third kappa shape index (κ3) is 3.10. The molecule has 3 nitrogen and oxygen atoms in total. The van der Waals surface area contributed by atoms with Crippen LogP contribution in [0.15, 0.2) is 28.9 Å². The number of benzene rings is 1. The molecule has 0 fully saturated rings. The Morgan fingerprint density at radius 1 is 1.32 bits per heavy atom. The van der Waals surface area contributed by atoms with Crippen molar-refractivity contribution in [3.05, 3.63) is 40.5 Å². The summed E-state index contributed by atoms with van der Waals surface area (Å²) in [6, 6.07) is 6.72. The third-order valence-electron chi connectivity index (χ3n) is 2.67. The SMILES string of the molecule is CCCc1nc(Br)cc(-c2cccc(OC)c2F)n1. The summed E-state index contributed by atoms with van der Waals surface area (Å²) in [7, 11) is 1.45. The molecule has 0 unspecified atom stereocenters. The number of halogens is 2. The van der Waals surface area contributed by atoms with E-state index in [4.69, 9.17) is 4.74 Å². The van der Waals surface area contributed by atoms with Crippen LogP contribution >= 0.6 is 15.9 Å². The summed E-state index contributed by atoms with van der Waals surface area (Å²) in [6.07, 6.45) is 1.70. The minimum Gasteiger partial charge on any atom is -0.494 e. The van der Waals surface area contributed by atoms with E-state index in [0.29, 0.717) is 21.7 Å². The maximum absolute atomic E-state index is 14.2. The topological polar surface area (TPSA) is 35.0 Å². The lowest BCUT2D eigenvalue weighted by atomic mass is 10.1. The highest BCUT2D eigenvalue weighted by atomic mass is 79.9. The predicted molar refractivity (Wildman–Crippen MR) is 75.7 cm³/mol. The fraction of sp³-hybridized carbons (Fsp3) is 0.286. The highest BCUT2D eigenvalue weighted by Gasteiger charge is 2.13. The smallest absolute Gasteiger partial charge is 0.174 e. The normalized spacial score (nSPS) is 10.5. The molecule has 19 heavy (non-hydrogen) atoms. The van der Waals surface area contributed by atoms with Crippen molar-refractivity contribution in [2.45, 2.75) is 19.8 Å². The molecule has 1 aromatic heterocycles. The molecule has 0 saturated heterocycles. The molecule has 0 radical (unpaired) electrons. The fourth-order valence-corrected chi connectivity index (χ4v) is 2.23. The summed E-state index contributed by atoms with van der Waals surface area (Å²) in [5.74, 6) is 0.511. The first kappa shape index (κ1) is 13.9. The molecule has 2 aromatic rings. The van der Waals surface area contributed by atoms with E-state index in [2.05, 4.69) is 32.8 Å². The van der Waals surface area contributed by atoms with Crippen LogP contribution in [0.2, 0.25) is 0 Å². The number of hydrogen-bond acceptors (Lipinski definition) is 3. The van der Waals surface area contributed by atoms with E-state index in [1.807, 2.05) is 0 Å². The van der Waals surface area contributed by atoms with Gasteiger partial charge < -0.3 is 4.74 Å². The lowest BCUT2D eigenvalue weighted by Gasteiger charge is -2.08. The van der Waals surface area contributed by atoms with Crippen molar-refractivity contribution in [1.82, 2.24) is 9.97 Å². The zero-order chi connectivity index (χ0) is 13.8. The first-order valence-corrected chi connectivity index (χ1v) is 6.81. The van der Waals surface area contributed by atoms with Crippen LogP contribution in [0.5, 0.6) is 5.75 Å². The number of rotatable bonds is 4. The molecule has 0 N–H and O–H groups in total. The van der Waals surface area contributed by atoms with Gasteiger partial charge in [0.05, 0.1) is 12.8 Å². The number of ether oxygens (including phenoxy) is 1. The van der Waals surface area contributed by atoms with Gasteiger partial charge in [0.15, 0.2) is 11.6 Å². The third-order valence-corrected chi connectivity index (χ3v) is 3.08. The van der Waals surface area contributed by atoms with Crippen LogP contribution in [0.4, 0.5) is 4.39 Å². The molecule has 0 amide bonds. The number of hydrogen-bond donors (Lipinski definition) is 0. The summed E-state index contributed by atoms with van der Waals surface area (Å²) in [5.41, 5.74) is 0.974. The minimum absolute atomic E-state index is 0.212. The van der Waals surface area contributed by atoms with Gasteiger partial charge >= 0.3 is 0 Å². The number of aryl methyl sites for hydroxylation is 1. The van der Waals surface area contributed by atoms with Crippen LogP contribution in [0.1, 0.15) is 19.2 Å². The molecule has 0 spiro atoms. The van der Waals surface area contributed by atoms with E-state index in [-0.39, 0.29) is 5.75 Å². The van der Waals surface area contributed by atoms with Crippen LogP contribution in [-0.4, -0.2) is 17.1 Å². The standard InChI is InChI=1S/C14H14BrFN2O/c1-3-5-13-17-10(8-12(15)18-13)9-6-4-7-11(19-2)14(9)16/h4,6-8H,3,5H2,1-2H3. The van der Waals surface area contributed by atoms with Gasteiger partial charge in [-0.3, -0.25) is 0 Å². The largest absolute Gasteiger partial charge is 0.494 e. The van der Waals surface area contributed by atoms with Gasteiger partial charge in [-0.15, -0.1) is 0 Å². The minimum atomic E-state index is -0.405. The molecule has 1 aromatic carbocycles. The van der Waals surface area contributed by atoms with E-state index in [1.165, 1.54) is 7.11 Å². The Morgan fingerprint density at radius 2 is 2.11 bits per heavy atom. The van der Waals surface area contributed by atoms with E-state index < -0.39 is 5.82 Å². The Kier molecular flexibility index (Phi) is 4.47. The van der Waals surface area contributed by atoms with Crippen LogP contribution in [0, 0.1) is 5.82 Å². The Morgan fingerprint density at radius 3 is 2.79 bits per heavy atom. The van der Waals surface area contributed by atoms with Crippen LogP contribution < -0.4 is 4.74 Å². The van der Waals surface area contributed by atoms with Crippen molar-refractivity contribution in [2.75, 3.05) is 7.11 Å². The molecule has 0 aliphatic rings.